The lowest BCUT2D eigenvalue weighted by atomic mass is 10.0. The third-order valence-corrected chi connectivity index (χ3v) is 12.5. The summed E-state index contributed by atoms with van der Waals surface area (Å²) < 4.78 is 5.53. The maximum absolute atomic E-state index is 5.53. The first-order chi connectivity index (χ1) is 9.16. The molecule has 0 aliphatic carbocycles. The minimum absolute atomic E-state index is 0.470. The number of aliphatic imine (C=N–C) groups is 1. The minimum Gasteiger partial charge on any atom is -0.469 e. The SMILES string of the molecule is CCC(C/C=N/C([Si](C)(C)C)[Si](C)(C)C)c1ccco1. The van der Waals surface area contributed by atoms with Crippen LogP contribution in [0.3, 0.4) is 0 Å². The number of rotatable bonds is 7. The van der Waals surface area contributed by atoms with E-state index >= 15 is 0 Å². The van der Waals surface area contributed by atoms with Crippen LogP contribution >= 0.6 is 0 Å². The van der Waals surface area contributed by atoms with Gasteiger partial charge in [-0.25, -0.2) is 0 Å². The van der Waals surface area contributed by atoms with Gasteiger partial charge in [0.1, 0.15) is 5.76 Å². The van der Waals surface area contributed by atoms with E-state index in [1.807, 2.05) is 6.07 Å². The van der Waals surface area contributed by atoms with Gasteiger partial charge >= 0.3 is 0 Å². The zero-order chi connectivity index (χ0) is 15.4. The third kappa shape index (κ3) is 5.05. The fourth-order valence-electron chi connectivity index (χ4n) is 3.05. The van der Waals surface area contributed by atoms with E-state index in [2.05, 4.69) is 58.5 Å². The second-order valence-corrected chi connectivity index (χ2v) is 19.0. The molecule has 0 aromatic carbocycles. The first-order valence-electron chi connectivity index (χ1n) is 7.71. The molecule has 0 aliphatic heterocycles. The largest absolute Gasteiger partial charge is 0.469 e. The average molecular weight is 310 g/mol. The highest BCUT2D eigenvalue weighted by atomic mass is 28.4. The molecule has 2 nitrogen and oxygen atoms in total. The maximum atomic E-state index is 5.53. The normalized spacial score (nSPS) is 15.2. The summed E-state index contributed by atoms with van der Waals surface area (Å²) in [6, 6.07) is 4.05. The Hall–Kier alpha value is -0.616. The summed E-state index contributed by atoms with van der Waals surface area (Å²) in [4.78, 5) is 5.02. The predicted molar refractivity (Wildman–Crippen MR) is 95.3 cm³/mol. The van der Waals surface area contributed by atoms with E-state index in [0.717, 1.165) is 18.6 Å². The standard InChI is InChI=1S/C16H31NOSi2/c1-8-14(15-10-9-13-18-15)11-12-17-16(19(2,3)4)20(5,6)7/h9-10,12-14,16H,8,11H2,1-7H3/b17-12+. The van der Waals surface area contributed by atoms with Gasteiger partial charge in [-0.3, -0.25) is 0 Å². The van der Waals surface area contributed by atoms with Crippen molar-refractivity contribution in [3.63, 3.8) is 0 Å². The van der Waals surface area contributed by atoms with Crippen LogP contribution in [0.2, 0.25) is 39.3 Å². The van der Waals surface area contributed by atoms with Crippen molar-refractivity contribution in [2.24, 2.45) is 4.99 Å². The molecule has 0 spiro atoms. The molecule has 0 saturated heterocycles. The van der Waals surface area contributed by atoms with E-state index in [1.54, 1.807) is 6.26 Å². The van der Waals surface area contributed by atoms with Crippen LogP contribution in [0, 0.1) is 0 Å². The number of hydrogen-bond donors (Lipinski definition) is 0. The summed E-state index contributed by atoms with van der Waals surface area (Å²) in [6.07, 6.45) is 6.04. The van der Waals surface area contributed by atoms with Gasteiger partial charge in [-0.05, 0) is 31.2 Å². The Kier molecular flexibility index (Phi) is 6.01. The lowest BCUT2D eigenvalue weighted by molar-refractivity contribution is 0.460. The molecular weight excluding hydrogens is 278 g/mol. The van der Waals surface area contributed by atoms with E-state index in [-0.39, 0.29) is 0 Å². The molecule has 1 rings (SSSR count). The second-order valence-electron chi connectivity index (χ2n) is 7.82. The van der Waals surface area contributed by atoms with Gasteiger partial charge in [-0.1, -0.05) is 46.2 Å². The second kappa shape index (κ2) is 6.90. The molecule has 114 valence electrons. The van der Waals surface area contributed by atoms with Crippen LogP contribution in [-0.2, 0) is 0 Å². The van der Waals surface area contributed by atoms with Gasteiger partial charge in [0.05, 0.1) is 22.4 Å². The van der Waals surface area contributed by atoms with E-state index in [9.17, 15) is 0 Å². The fraction of sp³-hybridized carbons (Fsp3) is 0.688. The molecule has 1 unspecified atom stereocenters. The fourth-order valence-corrected chi connectivity index (χ4v) is 14.5. The smallest absolute Gasteiger partial charge is 0.107 e. The first-order valence-corrected chi connectivity index (χ1v) is 14.9. The predicted octanol–water partition coefficient (Wildman–Crippen LogP) is 5.36. The van der Waals surface area contributed by atoms with Gasteiger partial charge in [0.2, 0.25) is 0 Å². The molecule has 0 aliphatic rings. The summed E-state index contributed by atoms with van der Waals surface area (Å²) >= 11 is 0. The minimum atomic E-state index is -1.23. The van der Waals surface area contributed by atoms with Crippen LogP contribution < -0.4 is 0 Å². The Morgan fingerprint density at radius 3 is 2.15 bits per heavy atom. The number of furan rings is 1. The van der Waals surface area contributed by atoms with E-state index in [4.69, 9.17) is 9.41 Å². The molecule has 0 N–H and O–H groups in total. The molecule has 0 radical (unpaired) electrons. The van der Waals surface area contributed by atoms with Crippen LogP contribution in [0.1, 0.15) is 31.4 Å². The quantitative estimate of drug-likeness (QED) is 0.492. The molecule has 1 heterocycles. The lowest BCUT2D eigenvalue weighted by Gasteiger charge is -2.35. The molecule has 0 fully saturated rings. The summed E-state index contributed by atoms with van der Waals surface area (Å²) in [5, 5.41) is 0.601. The molecule has 0 saturated carbocycles. The summed E-state index contributed by atoms with van der Waals surface area (Å²) in [6.45, 7) is 16.9. The summed E-state index contributed by atoms with van der Waals surface area (Å²) in [5.74, 6) is 1.56. The van der Waals surface area contributed by atoms with Crippen molar-refractivity contribution in [1.82, 2.24) is 0 Å². The Morgan fingerprint density at radius 1 is 1.15 bits per heavy atom. The van der Waals surface area contributed by atoms with Gasteiger partial charge in [-0.2, -0.15) is 0 Å². The molecule has 1 atom stereocenters. The molecular formula is C16H31NOSi2. The van der Waals surface area contributed by atoms with Crippen LogP contribution in [0.4, 0.5) is 0 Å². The lowest BCUT2D eigenvalue weighted by Crippen LogP contribution is -2.52. The van der Waals surface area contributed by atoms with Crippen molar-refractivity contribution in [1.29, 1.82) is 0 Å². The molecule has 1 aromatic rings. The monoisotopic (exact) mass is 309 g/mol. The van der Waals surface area contributed by atoms with Crippen molar-refractivity contribution >= 4 is 22.4 Å². The highest BCUT2D eigenvalue weighted by Crippen LogP contribution is 2.25. The number of nitrogens with zero attached hydrogens (tertiary/aromatic N) is 1. The van der Waals surface area contributed by atoms with Crippen molar-refractivity contribution in [3.8, 4) is 0 Å². The average Bonchev–Trinajstić information content (AvgIpc) is 2.79. The van der Waals surface area contributed by atoms with Crippen LogP contribution in [0.15, 0.2) is 27.8 Å². The van der Waals surface area contributed by atoms with Crippen molar-refractivity contribution in [2.45, 2.75) is 70.3 Å². The van der Waals surface area contributed by atoms with Crippen LogP contribution in [0.5, 0.6) is 0 Å². The highest BCUT2D eigenvalue weighted by molar-refractivity contribution is 6.96. The molecule has 4 heteroatoms. The third-order valence-electron chi connectivity index (χ3n) is 3.72. The van der Waals surface area contributed by atoms with Gasteiger partial charge in [0.25, 0.3) is 0 Å². The van der Waals surface area contributed by atoms with Gasteiger partial charge in [0, 0.05) is 11.2 Å². The zero-order valence-corrected chi connectivity index (χ0v) is 16.2. The van der Waals surface area contributed by atoms with E-state index in [1.165, 1.54) is 0 Å². The van der Waals surface area contributed by atoms with Crippen molar-refractivity contribution in [2.75, 3.05) is 0 Å². The highest BCUT2D eigenvalue weighted by Gasteiger charge is 2.36. The Bertz CT molecular complexity index is 399. The van der Waals surface area contributed by atoms with E-state index < -0.39 is 16.1 Å². The molecule has 1 aromatic heterocycles. The topological polar surface area (TPSA) is 25.5 Å². The van der Waals surface area contributed by atoms with Crippen molar-refractivity contribution < 1.29 is 4.42 Å². The maximum Gasteiger partial charge on any atom is 0.107 e. The van der Waals surface area contributed by atoms with Gasteiger partial charge in [-0.15, -0.1) is 0 Å². The Morgan fingerprint density at radius 2 is 1.75 bits per heavy atom. The first kappa shape index (κ1) is 17.4. The molecule has 0 bridgehead atoms. The van der Waals surface area contributed by atoms with Crippen molar-refractivity contribution in [3.05, 3.63) is 24.2 Å². The number of hydrogen-bond acceptors (Lipinski definition) is 2. The summed E-state index contributed by atoms with van der Waals surface area (Å²) in [7, 11) is -2.46. The molecule has 20 heavy (non-hydrogen) atoms. The zero-order valence-electron chi connectivity index (χ0n) is 14.2. The Labute approximate surface area is 126 Å². The van der Waals surface area contributed by atoms with Crippen LogP contribution in [-0.4, -0.2) is 27.7 Å². The van der Waals surface area contributed by atoms with Gasteiger partial charge < -0.3 is 9.41 Å². The van der Waals surface area contributed by atoms with E-state index in [0.29, 0.717) is 11.2 Å². The van der Waals surface area contributed by atoms with Crippen LogP contribution in [0.25, 0.3) is 0 Å². The van der Waals surface area contributed by atoms with Gasteiger partial charge in [0.15, 0.2) is 0 Å². The molecule has 0 amide bonds. The Balaban J connectivity index is 2.74. The summed E-state index contributed by atoms with van der Waals surface area (Å²) in [5.41, 5.74) is 0.